The molecule has 0 aliphatic carbocycles. The first kappa shape index (κ1) is 19.0. The molecule has 0 unspecified atom stereocenters. The van der Waals surface area contributed by atoms with E-state index in [4.69, 9.17) is 14.2 Å². The third-order valence-corrected chi connectivity index (χ3v) is 4.39. The van der Waals surface area contributed by atoms with Crippen molar-refractivity contribution in [2.75, 3.05) is 20.0 Å². The maximum Gasteiger partial charge on any atom is 0.175 e. The quantitative estimate of drug-likeness (QED) is 0.670. The molecule has 0 spiro atoms. The number of carbonyl (C=O) groups is 1. The molecule has 0 aliphatic rings. The monoisotopic (exact) mass is 364 g/mol. The van der Waals surface area contributed by atoms with Crippen LogP contribution in [0.4, 0.5) is 0 Å². The Hall–Kier alpha value is -2.38. The van der Waals surface area contributed by atoms with Crippen molar-refractivity contribution in [3.05, 3.63) is 48.0 Å². The van der Waals surface area contributed by atoms with Crippen LogP contribution in [0.15, 0.2) is 47.4 Å². The molecule has 7 heteroatoms. The molecular weight excluding hydrogens is 344 g/mol. The molecule has 1 atom stereocenters. The number of carbonyl (C=O) groups excluding carboxylic acids is 1. The zero-order valence-corrected chi connectivity index (χ0v) is 15.1. The van der Waals surface area contributed by atoms with Gasteiger partial charge in [0, 0.05) is 25.0 Å². The second-order valence-electron chi connectivity index (χ2n) is 5.59. The molecule has 0 radical (unpaired) electrons. The van der Waals surface area contributed by atoms with Crippen LogP contribution >= 0.6 is 0 Å². The molecule has 0 bridgehead atoms. The number of methoxy groups -OCH3 is 1. The van der Waals surface area contributed by atoms with Crippen molar-refractivity contribution in [1.82, 2.24) is 0 Å². The van der Waals surface area contributed by atoms with Crippen LogP contribution in [0, 0.1) is 0 Å². The molecule has 0 aromatic heterocycles. The van der Waals surface area contributed by atoms with Crippen molar-refractivity contribution >= 4 is 16.1 Å². The van der Waals surface area contributed by atoms with E-state index in [2.05, 4.69) is 0 Å². The zero-order valence-electron chi connectivity index (χ0n) is 14.3. The molecular formula is C18H20O6S. The summed E-state index contributed by atoms with van der Waals surface area (Å²) in [6.45, 7) is 2.26. The van der Waals surface area contributed by atoms with Crippen molar-refractivity contribution in [3.63, 3.8) is 0 Å². The van der Waals surface area contributed by atoms with Crippen molar-refractivity contribution < 1.29 is 27.4 Å². The van der Waals surface area contributed by atoms with Gasteiger partial charge in [-0.25, -0.2) is 8.42 Å². The average Bonchev–Trinajstić information content (AvgIpc) is 2.54. The largest absolute Gasteiger partial charge is 0.488 e. The number of hydrogen-bond acceptors (Lipinski definition) is 6. The molecule has 134 valence electrons. The fraction of sp³-hybridized carbons (Fsp3) is 0.278. The summed E-state index contributed by atoms with van der Waals surface area (Å²) in [6, 6.07) is 10.9. The zero-order chi connectivity index (χ0) is 18.4. The molecule has 0 N–H and O–H groups in total. The van der Waals surface area contributed by atoms with E-state index in [0.29, 0.717) is 35.7 Å². The number of rotatable bonds is 8. The van der Waals surface area contributed by atoms with E-state index in [1.165, 1.54) is 12.1 Å². The third-order valence-electron chi connectivity index (χ3n) is 3.26. The Morgan fingerprint density at radius 2 is 1.68 bits per heavy atom. The lowest BCUT2D eigenvalue weighted by Crippen LogP contribution is -2.18. The molecule has 2 aromatic carbocycles. The van der Waals surface area contributed by atoms with Gasteiger partial charge in [0.1, 0.15) is 29.6 Å². The number of sulfone groups is 1. The topological polar surface area (TPSA) is 78.9 Å². The number of aldehydes is 1. The van der Waals surface area contributed by atoms with Crippen molar-refractivity contribution in [2.45, 2.75) is 17.9 Å². The van der Waals surface area contributed by atoms with Gasteiger partial charge in [-0.2, -0.15) is 0 Å². The van der Waals surface area contributed by atoms with Crippen LogP contribution in [0.1, 0.15) is 17.3 Å². The molecule has 0 amide bonds. The van der Waals surface area contributed by atoms with Crippen molar-refractivity contribution in [1.29, 1.82) is 0 Å². The molecule has 0 heterocycles. The number of benzene rings is 2. The van der Waals surface area contributed by atoms with Gasteiger partial charge in [0.15, 0.2) is 9.84 Å². The Morgan fingerprint density at radius 3 is 2.24 bits per heavy atom. The minimum Gasteiger partial charge on any atom is -0.488 e. The molecule has 2 aromatic rings. The molecule has 0 saturated heterocycles. The van der Waals surface area contributed by atoms with E-state index in [1.54, 1.807) is 37.4 Å². The third kappa shape index (κ3) is 5.58. The van der Waals surface area contributed by atoms with Crippen LogP contribution in [0.5, 0.6) is 17.2 Å². The predicted molar refractivity (Wildman–Crippen MR) is 93.4 cm³/mol. The van der Waals surface area contributed by atoms with Crippen LogP contribution in [-0.2, 0) is 14.6 Å². The highest BCUT2D eigenvalue weighted by molar-refractivity contribution is 7.90. The van der Waals surface area contributed by atoms with Gasteiger partial charge in [-0.05, 0) is 43.3 Å². The molecule has 6 nitrogen and oxygen atoms in total. The molecule has 0 saturated carbocycles. The Balaban J connectivity index is 2.22. The van der Waals surface area contributed by atoms with E-state index in [0.717, 1.165) is 6.26 Å². The van der Waals surface area contributed by atoms with Gasteiger partial charge >= 0.3 is 0 Å². The van der Waals surface area contributed by atoms with Crippen LogP contribution in [0.2, 0.25) is 0 Å². The van der Waals surface area contributed by atoms with E-state index in [-0.39, 0.29) is 11.0 Å². The first-order chi connectivity index (χ1) is 11.8. The summed E-state index contributed by atoms with van der Waals surface area (Å²) >= 11 is 0. The lowest BCUT2D eigenvalue weighted by atomic mass is 10.2. The van der Waals surface area contributed by atoms with Gasteiger partial charge < -0.3 is 14.2 Å². The maximum atomic E-state index is 11.5. The van der Waals surface area contributed by atoms with Crippen LogP contribution in [-0.4, -0.2) is 40.8 Å². The van der Waals surface area contributed by atoms with E-state index in [1.807, 2.05) is 6.92 Å². The Bertz CT molecular complexity index is 827. The summed E-state index contributed by atoms with van der Waals surface area (Å²) in [5, 5.41) is 0. The predicted octanol–water partition coefficient (Wildman–Crippen LogP) is 3.11. The lowest BCUT2D eigenvalue weighted by molar-refractivity contribution is 0.0918. The summed E-state index contributed by atoms with van der Waals surface area (Å²) in [6.07, 6.45) is 1.66. The van der Waals surface area contributed by atoms with Gasteiger partial charge in [-0.1, -0.05) is 0 Å². The van der Waals surface area contributed by atoms with E-state index >= 15 is 0 Å². The second-order valence-corrected chi connectivity index (χ2v) is 7.60. The average molecular weight is 364 g/mol. The Morgan fingerprint density at radius 1 is 1.04 bits per heavy atom. The Labute approximate surface area is 147 Å². The number of hydrogen-bond donors (Lipinski definition) is 0. The van der Waals surface area contributed by atoms with Crippen LogP contribution in [0.25, 0.3) is 0 Å². The summed E-state index contributed by atoms with van der Waals surface area (Å²) in [5.74, 6) is 1.35. The molecule has 0 aliphatic heterocycles. The van der Waals surface area contributed by atoms with Crippen molar-refractivity contribution in [2.24, 2.45) is 0 Å². The first-order valence-corrected chi connectivity index (χ1v) is 9.45. The Kier molecular flexibility index (Phi) is 6.17. The summed E-state index contributed by atoms with van der Waals surface area (Å²) in [5.41, 5.74) is 0.407. The highest BCUT2D eigenvalue weighted by Gasteiger charge is 2.10. The molecule has 2 rings (SSSR count). The second kappa shape index (κ2) is 8.13. The highest BCUT2D eigenvalue weighted by Crippen LogP contribution is 2.28. The highest BCUT2D eigenvalue weighted by atomic mass is 32.2. The van der Waals surface area contributed by atoms with Gasteiger partial charge in [0.05, 0.1) is 11.5 Å². The fourth-order valence-electron chi connectivity index (χ4n) is 2.18. The standard InChI is InChI=1S/C18H20O6S/c1-13(12-22-2)23-16-8-14(11-19)9-17(10-16)24-15-4-6-18(7-5-15)25(3,20)21/h4-11,13H,12H2,1-3H3/t13-/m0/s1. The van der Waals surface area contributed by atoms with Gasteiger partial charge in [0.25, 0.3) is 0 Å². The summed E-state index contributed by atoms with van der Waals surface area (Å²) in [4.78, 5) is 11.3. The van der Waals surface area contributed by atoms with E-state index < -0.39 is 9.84 Å². The minimum absolute atomic E-state index is 0.186. The SMILES string of the molecule is COC[C@H](C)Oc1cc(C=O)cc(Oc2ccc(S(C)(=O)=O)cc2)c1. The summed E-state index contributed by atoms with van der Waals surface area (Å²) in [7, 11) is -1.68. The number of ether oxygens (including phenoxy) is 3. The smallest absolute Gasteiger partial charge is 0.175 e. The van der Waals surface area contributed by atoms with E-state index in [9.17, 15) is 13.2 Å². The first-order valence-electron chi connectivity index (χ1n) is 7.55. The summed E-state index contributed by atoms with van der Waals surface area (Å²) < 4.78 is 39.4. The van der Waals surface area contributed by atoms with Crippen LogP contribution in [0.3, 0.4) is 0 Å². The molecule has 0 fully saturated rings. The molecule has 25 heavy (non-hydrogen) atoms. The minimum atomic E-state index is -3.26. The van der Waals surface area contributed by atoms with Crippen molar-refractivity contribution in [3.8, 4) is 17.2 Å². The normalized spacial score (nSPS) is 12.4. The van der Waals surface area contributed by atoms with Gasteiger partial charge in [-0.15, -0.1) is 0 Å². The van der Waals surface area contributed by atoms with Gasteiger partial charge in [-0.3, -0.25) is 4.79 Å². The van der Waals surface area contributed by atoms with Gasteiger partial charge in [0.2, 0.25) is 0 Å². The maximum absolute atomic E-state index is 11.5. The lowest BCUT2D eigenvalue weighted by Gasteiger charge is -2.15. The van der Waals surface area contributed by atoms with Crippen LogP contribution < -0.4 is 9.47 Å². The fourth-order valence-corrected chi connectivity index (χ4v) is 2.81.